The number of ether oxygens (including phenoxy) is 5. The van der Waals surface area contributed by atoms with Crippen molar-refractivity contribution in [1.82, 2.24) is 0 Å². The molecule has 0 N–H and O–H groups in total. The number of benzene rings is 1. The molecule has 0 atom stereocenters. The Balaban J connectivity index is 0.00000529. The van der Waals surface area contributed by atoms with Crippen molar-refractivity contribution in [3.63, 3.8) is 0 Å². The SMILES string of the molecule is CCOC(=O)Oc1ccc(OC(=O)CC)cc1OC(=O)OCC.Cl. The summed E-state index contributed by atoms with van der Waals surface area (Å²) in [6.07, 6.45) is -1.77. The maximum Gasteiger partial charge on any atom is 0.513 e. The second-order valence-electron chi connectivity index (χ2n) is 4.01. The quantitative estimate of drug-likeness (QED) is 0.431. The normalized spacial score (nSPS) is 9.29. The van der Waals surface area contributed by atoms with E-state index >= 15 is 0 Å². The lowest BCUT2D eigenvalue weighted by Crippen LogP contribution is -2.14. The van der Waals surface area contributed by atoms with E-state index in [4.69, 9.17) is 14.2 Å². The summed E-state index contributed by atoms with van der Waals surface area (Å²) in [7, 11) is 0. The fraction of sp³-hybridized carbons (Fsp3) is 0.400. The number of carbonyl (C=O) groups excluding carboxylic acids is 3. The molecule has 1 rings (SSSR count). The Labute approximate surface area is 145 Å². The van der Waals surface area contributed by atoms with Crippen molar-refractivity contribution in [3.8, 4) is 17.2 Å². The molecule has 134 valence electrons. The Morgan fingerprint density at radius 3 is 1.88 bits per heavy atom. The highest BCUT2D eigenvalue weighted by Gasteiger charge is 2.17. The van der Waals surface area contributed by atoms with Gasteiger partial charge in [0.25, 0.3) is 0 Å². The van der Waals surface area contributed by atoms with Crippen molar-refractivity contribution in [1.29, 1.82) is 0 Å². The Morgan fingerprint density at radius 2 is 1.38 bits per heavy atom. The van der Waals surface area contributed by atoms with Crippen LogP contribution in [0.25, 0.3) is 0 Å². The predicted octanol–water partition coefficient (Wildman–Crippen LogP) is 3.49. The standard InChI is InChI=1S/C15H18O8.ClH/c1-4-13(16)21-10-7-8-11(22-14(17)19-5-2)12(9-10)23-15(18)20-6-3;/h7-9H,4-6H2,1-3H3;1H. The van der Waals surface area contributed by atoms with Crippen molar-refractivity contribution in [3.05, 3.63) is 18.2 Å². The molecule has 0 aliphatic carbocycles. The molecule has 0 saturated carbocycles. The van der Waals surface area contributed by atoms with Crippen LogP contribution in [0.5, 0.6) is 17.2 Å². The van der Waals surface area contributed by atoms with Crippen LogP contribution in [-0.4, -0.2) is 31.5 Å². The molecule has 1 aromatic rings. The van der Waals surface area contributed by atoms with Crippen LogP contribution < -0.4 is 14.2 Å². The lowest BCUT2D eigenvalue weighted by Gasteiger charge is -2.11. The Bertz CT molecular complexity index is 573. The summed E-state index contributed by atoms with van der Waals surface area (Å²) in [5.41, 5.74) is 0. The summed E-state index contributed by atoms with van der Waals surface area (Å²) in [6.45, 7) is 5.09. The van der Waals surface area contributed by atoms with Crippen molar-refractivity contribution >= 4 is 30.7 Å². The van der Waals surface area contributed by atoms with E-state index in [0.717, 1.165) is 0 Å². The second-order valence-corrected chi connectivity index (χ2v) is 4.01. The van der Waals surface area contributed by atoms with E-state index in [9.17, 15) is 14.4 Å². The summed E-state index contributed by atoms with van der Waals surface area (Å²) in [5, 5.41) is 0. The van der Waals surface area contributed by atoms with E-state index in [1.54, 1.807) is 20.8 Å². The summed E-state index contributed by atoms with van der Waals surface area (Å²) in [4.78, 5) is 34.1. The van der Waals surface area contributed by atoms with Gasteiger partial charge in [0.2, 0.25) is 0 Å². The van der Waals surface area contributed by atoms with Gasteiger partial charge in [-0.2, -0.15) is 0 Å². The monoisotopic (exact) mass is 362 g/mol. The molecule has 0 aliphatic rings. The zero-order valence-corrected chi connectivity index (χ0v) is 14.3. The maximum atomic E-state index is 11.4. The molecule has 0 amide bonds. The highest BCUT2D eigenvalue weighted by Crippen LogP contribution is 2.32. The maximum absolute atomic E-state index is 11.4. The third-order valence-electron chi connectivity index (χ3n) is 2.35. The molecule has 0 fully saturated rings. The van der Waals surface area contributed by atoms with Gasteiger partial charge >= 0.3 is 18.3 Å². The largest absolute Gasteiger partial charge is 0.513 e. The van der Waals surface area contributed by atoms with Crippen molar-refractivity contribution in [2.24, 2.45) is 0 Å². The van der Waals surface area contributed by atoms with Gasteiger partial charge in [0.15, 0.2) is 11.5 Å². The first-order chi connectivity index (χ1) is 11.0. The molecule has 0 aromatic heterocycles. The van der Waals surface area contributed by atoms with Crippen LogP contribution in [0.15, 0.2) is 18.2 Å². The van der Waals surface area contributed by atoms with Crippen molar-refractivity contribution in [2.75, 3.05) is 13.2 Å². The van der Waals surface area contributed by atoms with Crippen LogP contribution in [0, 0.1) is 0 Å². The van der Waals surface area contributed by atoms with E-state index < -0.39 is 18.3 Å². The van der Waals surface area contributed by atoms with E-state index in [1.165, 1.54) is 18.2 Å². The highest BCUT2D eigenvalue weighted by molar-refractivity contribution is 5.85. The molecule has 0 radical (unpaired) electrons. The Kier molecular flexibility index (Phi) is 9.97. The minimum atomic E-state index is -0.986. The lowest BCUT2D eigenvalue weighted by molar-refractivity contribution is -0.134. The van der Waals surface area contributed by atoms with Crippen molar-refractivity contribution in [2.45, 2.75) is 27.2 Å². The van der Waals surface area contributed by atoms with Gasteiger partial charge in [-0.3, -0.25) is 4.79 Å². The minimum absolute atomic E-state index is 0. The fourth-order valence-electron chi connectivity index (χ4n) is 1.39. The minimum Gasteiger partial charge on any atom is -0.434 e. The molecule has 9 heteroatoms. The average Bonchev–Trinajstić information content (AvgIpc) is 2.50. The number of hydrogen-bond donors (Lipinski definition) is 0. The number of carbonyl (C=O) groups is 3. The Morgan fingerprint density at radius 1 is 0.833 bits per heavy atom. The smallest absolute Gasteiger partial charge is 0.434 e. The van der Waals surface area contributed by atoms with Crippen molar-refractivity contribution < 1.29 is 38.1 Å². The highest BCUT2D eigenvalue weighted by atomic mass is 35.5. The van der Waals surface area contributed by atoms with E-state index in [-0.39, 0.29) is 49.3 Å². The molecule has 0 unspecified atom stereocenters. The topological polar surface area (TPSA) is 97.4 Å². The van der Waals surface area contributed by atoms with Crippen LogP contribution in [-0.2, 0) is 14.3 Å². The van der Waals surface area contributed by atoms with E-state index in [0.29, 0.717) is 0 Å². The molecule has 8 nitrogen and oxygen atoms in total. The van der Waals surface area contributed by atoms with Crippen LogP contribution in [0.1, 0.15) is 27.2 Å². The molecular weight excluding hydrogens is 344 g/mol. The number of rotatable bonds is 6. The summed E-state index contributed by atoms with van der Waals surface area (Å²) >= 11 is 0. The van der Waals surface area contributed by atoms with Gasteiger partial charge in [-0.25, -0.2) is 9.59 Å². The number of esters is 1. The van der Waals surface area contributed by atoms with E-state index in [1.807, 2.05) is 0 Å². The van der Waals surface area contributed by atoms with Gasteiger partial charge in [0, 0.05) is 12.5 Å². The molecule has 1 aromatic carbocycles. The molecule has 24 heavy (non-hydrogen) atoms. The van der Waals surface area contributed by atoms with Gasteiger partial charge < -0.3 is 23.7 Å². The zero-order chi connectivity index (χ0) is 17.2. The average molecular weight is 363 g/mol. The van der Waals surface area contributed by atoms with Gasteiger partial charge in [0.05, 0.1) is 13.2 Å². The van der Waals surface area contributed by atoms with Gasteiger partial charge in [-0.15, -0.1) is 12.4 Å². The summed E-state index contributed by atoms with van der Waals surface area (Å²) in [5.74, 6) is -0.552. The second kappa shape index (κ2) is 11.1. The number of hydrogen-bond acceptors (Lipinski definition) is 8. The molecule has 0 bridgehead atoms. The van der Waals surface area contributed by atoms with E-state index in [2.05, 4.69) is 9.47 Å². The summed E-state index contributed by atoms with van der Waals surface area (Å²) < 4.78 is 24.2. The molecule has 0 heterocycles. The molecule has 0 saturated heterocycles. The predicted molar refractivity (Wildman–Crippen MR) is 84.9 cm³/mol. The zero-order valence-electron chi connectivity index (χ0n) is 13.5. The molecular formula is C15H19ClO8. The van der Waals surface area contributed by atoms with Gasteiger partial charge in [0.1, 0.15) is 5.75 Å². The lowest BCUT2D eigenvalue weighted by atomic mass is 10.3. The first-order valence-corrected chi connectivity index (χ1v) is 7.04. The molecule has 0 aliphatic heterocycles. The summed E-state index contributed by atoms with van der Waals surface area (Å²) in [6, 6.07) is 3.93. The first-order valence-electron chi connectivity index (χ1n) is 7.04. The third kappa shape index (κ3) is 7.19. The first kappa shape index (κ1) is 21.5. The van der Waals surface area contributed by atoms with Gasteiger partial charge in [-0.05, 0) is 26.0 Å². The molecule has 0 spiro atoms. The van der Waals surface area contributed by atoms with Crippen LogP contribution in [0.2, 0.25) is 0 Å². The van der Waals surface area contributed by atoms with Crippen LogP contribution in [0.4, 0.5) is 9.59 Å². The third-order valence-corrected chi connectivity index (χ3v) is 2.35. The number of halogens is 1. The van der Waals surface area contributed by atoms with Crippen LogP contribution in [0.3, 0.4) is 0 Å². The fourth-order valence-corrected chi connectivity index (χ4v) is 1.39. The van der Waals surface area contributed by atoms with Gasteiger partial charge in [-0.1, -0.05) is 6.92 Å². The van der Waals surface area contributed by atoms with Crippen LogP contribution >= 0.6 is 12.4 Å². The Hall–Kier alpha value is -2.48.